The molecule has 3 unspecified atom stereocenters. The van der Waals surface area contributed by atoms with Gasteiger partial charge in [0.15, 0.2) is 0 Å². The first-order chi connectivity index (χ1) is 9.35. The molecule has 3 heteroatoms. The predicted molar refractivity (Wildman–Crippen MR) is 76.1 cm³/mol. The fourth-order valence-corrected chi connectivity index (χ4v) is 3.93. The smallest absolute Gasteiger partial charge is 0.211 e. The minimum absolute atomic E-state index is 0.469. The number of nitrogens with one attached hydrogen (secondary N) is 1. The van der Waals surface area contributed by atoms with E-state index in [0.29, 0.717) is 17.8 Å². The average Bonchev–Trinajstić information content (AvgIpc) is 2.83. The summed E-state index contributed by atoms with van der Waals surface area (Å²) >= 11 is 0. The van der Waals surface area contributed by atoms with Crippen molar-refractivity contribution in [2.75, 3.05) is 13.1 Å². The Balaban J connectivity index is 1.86. The summed E-state index contributed by atoms with van der Waals surface area (Å²) in [4.78, 5) is 13.3. The van der Waals surface area contributed by atoms with Crippen molar-refractivity contribution in [3.63, 3.8) is 0 Å². The van der Waals surface area contributed by atoms with Crippen LogP contribution >= 0.6 is 0 Å². The number of nitrogens with zero attached hydrogens (tertiary/aromatic N) is 1. The second-order valence-electron chi connectivity index (χ2n) is 5.71. The first-order valence-electron chi connectivity index (χ1n) is 7.38. The number of amides is 1. The number of carbonyl (C=O) groups excluding carboxylic acids is 1. The van der Waals surface area contributed by atoms with Crippen LogP contribution < -0.4 is 5.32 Å². The van der Waals surface area contributed by atoms with Crippen LogP contribution in [0, 0.1) is 17.8 Å². The van der Waals surface area contributed by atoms with Crippen LogP contribution in [0.5, 0.6) is 0 Å². The molecule has 1 aliphatic heterocycles. The molecule has 3 atom stereocenters. The molecule has 102 valence electrons. The summed E-state index contributed by atoms with van der Waals surface area (Å²) in [6, 6.07) is 0. The lowest BCUT2D eigenvalue weighted by Gasteiger charge is -2.38. The Labute approximate surface area is 115 Å². The molecular formula is C16H22N2O. The molecule has 1 fully saturated rings. The SMILES string of the molecule is CCCN1CCC2C1=CCC1C=CC=C(NC=O)C12. The Bertz CT molecular complexity index is 450. The molecule has 1 N–H and O–H groups in total. The third-order valence-corrected chi connectivity index (χ3v) is 4.66. The van der Waals surface area contributed by atoms with Gasteiger partial charge in [-0.3, -0.25) is 4.79 Å². The van der Waals surface area contributed by atoms with Crippen LogP contribution in [-0.2, 0) is 4.79 Å². The first kappa shape index (κ1) is 12.5. The van der Waals surface area contributed by atoms with Gasteiger partial charge in [0.2, 0.25) is 6.41 Å². The van der Waals surface area contributed by atoms with E-state index in [9.17, 15) is 4.79 Å². The maximum atomic E-state index is 10.8. The van der Waals surface area contributed by atoms with Crippen LogP contribution in [0.25, 0.3) is 0 Å². The molecule has 3 rings (SSSR count). The third-order valence-electron chi connectivity index (χ3n) is 4.66. The molecule has 3 nitrogen and oxygen atoms in total. The second kappa shape index (κ2) is 5.24. The van der Waals surface area contributed by atoms with Gasteiger partial charge >= 0.3 is 0 Å². The Hall–Kier alpha value is -1.51. The zero-order chi connectivity index (χ0) is 13.2. The van der Waals surface area contributed by atoms with E-state index < -0.39 is 0 Å². The van der Waals surface area contributed by atoms with Gasteiger partial charge in [0.05, 0.1) is 0 Å². The summed E-state index contributed by atoms with van der Waals surface area (Å²) in [5.74, 6) is 1.62. The largest absolute Gasteiger partial charge is 0.375 e. The van der Waals surface area contributed by atoms with Crippen molar-refractivity contribution >= 4 is 6.41 Å². The molecule has 0 radical (unpaired) electrons. The van der Waals surface area contributed by atoms with Crippen LogP contribution in [0.4, 0.5) is 0 Å². The highest BCUT2D eigenvalue weighted by Crippen LogP contribution is 2.46. The number of hydrogen-bond donors (Lipinski definition) is 1. The van der Waals surface area contributed by atoms with Crippen LogP contribution in [0.3, 0.4) is 0 Å². The van der Waals surface area contributed by atoms with Gasteiger partial charge in [0.25, 0.3) is 0 Å². The van der Waals surface area contributed by atoms with Gasteiger partial charge in [0.1, 0.15) is 0 Å². The Morgan fingerprint density at radius 3 is 3.21 bits per heavy atom. The van der Waals surface area contributed by atoms with E-state index in [2.05, 4.69) is 41.4 Å². The summed E-state index contributed by atoms with van der Waals surface area (Å²) in [6.07, 6.45) is 13.2. The number of fused-ring (bicyclic) bond motifs is 3. The average molecular weight is 258 g/mol. The van der Waals surface area contributed by atoms with Gasteiger partial charge in [-0.05, 0) is 31.3 Å². The van der Waals surface area contributed by atoms with E-state index >= 15 is 0 Å². The maximum absolute atomic E-state index is 10.8. The lowest BCUT2D eigenvalue weighted by molar-refractivity contribution is -0.109. The van der Waals surface area contributed by atoms with Crippen molar-refractivity contribution in [2.45, 2.75) is 26.2 Å². The Morgan fingerprint density at radius 2 is 2.42 bits per heavy atom. The molecule has 19 heavy (non-hydrogen) atoms. The van der Waals surface area contributed by atoms with E-state index in [1.165, 1.54) is 25.1 Å². The van der Waals surface area contributed by atoms with E-state index in [0.717, 1.165) is 25.1 Å². The van der Waals surface area contributed by atoms with Gasteiger partial charge in [-0.15, -0.1) is 0 Å². The number of rotatable bonds is 4. The second-order valence-corrected chi connectivity index (χ2v) is 5.71. The highest BCUT2D eigenvalue weighted by atomic mass is 16.1. The van der Waals surface area contributed by atoms with Gasteiger partial charge in [-0.2, -0.15) is 0 Å². The molecule has 1 heterocycles. The zero-order valence-electron chi connectivity index (χ0n) is 11.5. The van der Waals surface area contributed by atoms with E-state index in [1.54, 1.807) is 0 Å². The van der Waals surface area contributed by atoms with Crippen molar-refractivity contribution in [1.82, 2.24) is 10.2 Å². The standard InChI is InChI=1S/C16H22N2O/c1-2-9-18-10-8-13-15(18)7-6-12-4-3-5-14(16(12)13)17-11-19/h3-5,7,11-13,16H,2,6,8-10H2,1H3,(H,17,19). The number of hydrogen-bond acceptors (Lipinski definition) is 2. The molecule has 2 aliphatic carbocycles. The predicted octanol–water partition coefficient (Wildman–Crippen LogP) is 2.44. The number of likely N-dealkylation sites (tertiary alicyclic amines) is 1. The highest BCUT2D eigenvalue weighted by Gasteiger charge is 2.41. The lowest BCUT2D eigenvalue weighted by atomic mass is 9.70. The lowest BCUT2D eigenvalue weighted by Crippen LogP contribution is -2.35. The summed E-state index contributed by atoms with van der Waals surface area (Å²) in [6.45, 7) is 4.57. The number of carbonyl (C=O) groups is 1. The topological polar surface area (TPSA) is 32.3 Å². The first-order valence-corrected chi connectivity index (χ1v) is 7.38. The molecule has 0 bridgehead atoms. The summed E-state index contributed by atoms with van der Waals surface area (Å²) in [5.41, 5.74) is 2.63. The minimum Gasteiger partial charge on any atom is -0.375 e. The monoisotopic (exact) mass is 258 g/mol. The molecule has 0 aromatic heterocycles. The molecule has 1 saturated heterocycles. The van der Waals surface area contributed by atoms with E-state index in [-0.39, 0.29) is 0 Å². The molecule has 0 saturated carbocycles. The molecular weight excluding hydrogens is 236 g/mol. The van der Waals surface area contributed by atoms with E-state index in [1.807, 2.05) is 0 Å². The van der Waals surface area contributed by atoms with Crippen LogP contribution in [0.1, 0.15) is 26.2 Å². The van der Waals surface area contributed by atoms with Gasteiger partial charge in [-0.1, -0.05) is 25.2 Å². The molecule has 0 aromatic rings. The Morgan fingerprint density at radius 1 is 1.53 bits per heavy atom. The normalized spacial score (nSPS) is 32.3. The maximum Gasteiger partial charge on any atom is 0.211 e. The van der Waals surface area contributed by atoms with Crippen molar-refractivity contribution in [1.29, 1.82) is 0 Å². The van der Waals surface area contributed by atoms with Crippen molar-refractivity contribution in [3.8, 4) is 0 Å². The molecule has 0 spiro atoms. The highest BCUT2D eigenvalue weighted by molar-refractivity contribution is 5.52. The van der Waals surface area contributed by atoms with Crippen LogP contribution in [0.2, 0.25) is 0 Å². The van der Waals surface area contributed by atoms with Gasteiger partial charge in [-0.25, -0.2) is 0 Å². The Kier molecular flexibility index (Phi) is 3.45. The summed E-state index contributed by atoms with van der Waals surface area (Å²) in [7, 11) is 0. The zero-order valence-corrected chi connectivity index (χ0v) is 11.5. The quantitative estimate of drug-likeness (QED) is 0.786. The fraction of sp³-hybridized carbons (Fsp3) is 0.562. The number of allylic oxidation sites excluding steroid dienone is 6. The van der Waals surface area contributed by atoms with Crippen molar-refractivity contribution < 1.29 is 4.79 Å². The van der Waals surface area contributed by atoms with Crippen LogP contribution in [-0.4, -0.2) is 24.4 Å². The minimum atomic E-state index is 0.469. The van der Waals surface area contributed by atoms with Crippen molar-refractivity contribution in [2.24, 2.45) is 17.8 Å². The summed E-state index contributed by atoms with van der Waals surface area (Å²) < 4.78 is 0. The van der Waals surface area contributed by atoms with Crippen LogP contribution in [0.15, 0.2) is 35.7 Å². The van der Waals surface area contributed by atoms with Gasteiger partial charge < -0.3 is 10.2 Å². The fourth-order valence-electron chi connectivity index (χ4n) is 3.93. The molecule has 1 amide bonds. The summed E-state index contributed by atoms with van der Waals surface area (Å²) in [5, 5.41) is 2.93. The van der Waals surface area contributed by atoms with E-state index in [4.69, 9.17) is 0 Å². The van der Waals surface area contributed by atoms with Crippen molar-refractivity contribution in [3.05, 3.63) is 35.7 Å². The molecule has 3 aliphatic rings. The third kappa shape index (κ3) is 2.11. The van der Waals surface area contributed by atoms with Gasteiger partial charge in [0, 0.05) is 36.3 Å². The molecule has 0 aromatic carbocycles.